The molecule has 1 amide bonds. The molecule has 1 unspecified atom stereocenters. The zero-order valence-corrected chi connectivity index (χ0v) is 10.9. The van der Waals surface area contributed by atoms with Crippen molar-refractivity contribution in [2.75, 3.05) is 46.6 Å². The van der Waals surface area contributed by atoms with E-state index < -0.39 is 0 Å². The number of amides is 1. The fraction of sp³-hybridized carbons (Fsp3) is 0.917. The van der Waals surface area contributed by atoms with Gasteiger partial charge in [-0.25, -0.2) is 0 Å². The standard InChI is InChI=1S/C12H24N2O3/c1-12(4-3-5-13-10-12)11(15)14-6-7-17-9-8-16-2/h13H,3-10H2,1-2H3,(H,14,15). The van der Waals surface area contributed by atoms with Crippen LogP contribution in [0.3, 0.4) is 0 Å². The van der Waals surface area contributed by atoms with E-state index in [1.54, 1.807) is 7.11 Å². The van der Waals surface area contributed by atoms with Crippen LogP contribution in [0.25, 0.3) is 0 Å². The van der Waals surface area contributed by atoms with Gasteiger partial charge in [-0.3, -0.25) is 4.79 Å². The summed E-state index contributed by atoms with van der Waals surface area (Å²) in [5.41, 5.74) is -0.259. The average Bonchev–Trinajstić information content (AvgIpc) is 2.34. The molecule has 0 radical (unpaired) electrons. The second-order valence-corrected chi connectivity index (χ2v) is 4.70. The molecule has 0 aromatic heterocycles. The van der Waals surface area contributed by atoms with Gasteiger partial charge in [0, 0.05) is 20.2 Å². The highest BCUT2D eigenvalue weighted by Gasteiger charge is 2.34. The number of hydrogen-bond donors (Lipinski definition) is 2. The lowest BCUT2D eigenvalue weighted by molar-refractivity contribution is -0.131. The molecule has 1 rings (SSSR count). The summed E-state index contributed by atoms with van der Waals surface area (Å²) < 4.78 is 10.1. The highest BCUT2D eigenvalue weighted by Crippen LogP contribution is 2.25. The van der Waals surface area contributed by atoms with Crippen molar-refractivity contribution >= 4 is 5.91 Å². The van der Waals surface area contributed by atoms with Crippen molar-refractivity contribution in [2.24, 2.45) is 5.41 Å². The Kier molecular flexibility index (Phi) is 6.47. The maximum absolute atomic E-state index is 12.0. The Morgan fingerprint density at radius 3 is 2.88 bits per heavy atom. The number of hydrogen-bond acceptors (Lipinski definition) is 4. The Bertz CT molecular complexity index is 228. The quantitative estimate of drug-likeness (QED) is 0.626. The molecule has 17 heavy (non-hydrogen) atoms. The summed E-state index contributed by atoms with van der Waals surface area (Å²) in [6, 6.07) is 0. The number of piperidine rings is 1. The molecule has 0 bridgehead atoms. The van der Waals surface area contributed by atoms with Crippen LogP contribution in [-0.4, -0.2) is 52.5 Å². The minimum absolute atomic E-state index is 0.125. The third-order valence-electron chi connectivity index (χ3n) is 3.11. The first-order valence-electron chi connectivity index (χ1n) is 6.25. The largest absolute Gasteiger partial charge is 0.382 e. The summed E-state index contributed by atoms with van der Waals surface area (Å²) >= 11 is 0. The molecule has 0 aromatic carbocycles. The molecule has 1 aliphatic rings. The maximum atomic E-state index is 12.0. The van der Waals surface area contributed by atoms with Crippen LogP contribution >= 0.6 is 0 Å². The van der Waals surface area contributed by atoms with Gasteiger partial charge in [-0.15, -0.1) is 0 Å². The van der Waals surface area contributed by atoms with Crippen molar-refractivity contribution in [1.82, 2.24) is 10.6 Å². The summed E-state index contributed by atoms with van der Waals surface area (Å²) in [5, 5.41) is 6.19. The predicted molar refractivity (Wildman–Crippen MR) is 65.9 cm³/mol. The lowest BCUT2D eigenvalue weighted by Crippen LogP contribution is -2.49. The van der Waals surface area contributed by atoms with Crippen LogP contribution in [0.4, 0.5) is 0 Å². The highest BCUT2D eigenvalue weighted by atomic mass is 16.5. The molecule has 0 saturated carbocycles. The zero-order chi connectivity index (χ0) is 12.6. The Hall–Kier alpha value is -0.650. The van der Waals surface area contributed by atoms with Gasteiger partial charge < -0.3 is 20.1 Å². The molecule has 0 spiro atoms. The number of carbonyl (C=O) groups excluding carboxylic acids is 1. The topological polar surface area (TPSA) is 59.6 Å². The van der Waals surface area contributed by atoms with Gasteiger partial charge in [0.15, 0.2) is 0 Å². The summed E-state index contributed by atoms with van der Waals surface area (Å²) in [6.07, 6.45) is 2.02. The fourth-order valence-corrected chi connectivity index (χ4v) is 1.94. The number of ether oxygens (including phenoxy) is 2. The van der Waals surface area contributed by atoms with E-state index in [2.05, 4.69) is 10.6 Å². The number of carbonyl (C=O) groups is 1. The molecule has 2 N–H and O–H groups in total. The number of methoxy groups -OCH3 is 1. The zero-order valence-electron chi connectivity index (χ0n) is 10.9. The van der Waals surface area contributed by atoms with Crippen molar-refractivity contribution in [3.05, 3.63) is 0 Å². The molecule has 0 aromatic rings. The van der Waals surface area contributed by atoms with Gasteiger partial charge in [0.1, 0.15) is 0 Å². The summed E-state index contributed by atoms with van der Waals surface area (Å²) in [7, 11) is 1.64. The van der Waals surface area contributed by atoms with E-state index in [0.717, 1.165) is 25.9 Å². The van der Waals surface area contributed by atoms with E-state index in [1.165, 1.54) is 0 Å². The van der Waals surface area contributed by atoms with E-state index >= 15 is 0 Å². The van der Waals surface area contributed by atoms with Crippen LogP contribution in [0.2, 0.25) is 0 Å². The predicted octanol–water partition coefficient (Wildman–Crippen LogP) is 0.155. The normalized spacial score (nSPS) is 24.6. The van der Waals surface area contributed by atoms with Crippen LogP contribution in [-0.2, 0) is 14.3 Å². The molecule has 5 heteroatoms. The second-order valence-electron chi connectivity index (χ2n) is 4.70. The SMILES string of the molecule is COCCOCCNC(=O)C1(C)CCCNC1. The molecular formula is C12H24N2O3. The third-order valence-corrected chi connectivity index (χ3v) is 3.11. The van der Waals surface area contributed by atoms with Crippen LogP contribution in [0.5, 0.6) is 0 Å². The van der Waals surface area contributed by atoms with Crippen LogP contribution in [0.15, 0.2) is 0 Å². The molecule has 1 atom stereocenters. The van der Waals surface area contributed by atoms with E-state index in [4.69, 9.17) is 9.47 Å². The third kappa shape index (κ3) is 5.02. The van der Waals surface area contributed by atoms with Crippen molar-refractivity contribution in [3.63, 3.8) is 0 Å². The first-order valence-corrected chi connectivity index (χ1v) is 6.25. The van der Waals surface area contributed by atoms with E-state index in [0.29, 0.717) is 26.4 Å². The lowest BCUT2D eigenvalue weighted by Gasteiger charge is -2.32. The van der Waals surface area contributed by atoms with Gasteiger partial charge in [-0.1, -0.05) is 0 Å². The van der Waals surface area contributed by atoms with Crippen molar-refractivity contribution in [3.8, 4) is 0 Å². The van der Waals surface area contributed by atoms with E-state index in [-0.39, 0.29) is 11.3 Å². The second kappa shape index (κ2) is 7.63. The lowest BCUT2D eigenvalue weighted by atomic mass is 9.82. The molecule has 1 fully saturated rings. The maximum Gasteiger partial charge on any atom is 0.227 e. The molecule has 100 valence electrons. The van der Waals surface area contributed by atoms with Gasteiger partial charge >= 0.3 is 0 Å². The monoisotopic (exact) mass is 244 g/mol. The molecule has 1 heterocycles. The Morgan fingerprint density at radius 2 is 2.24 bits per heavy atom. The molecule has 1 aliphatic heterocycles. The van der Waals surface area contributed by atoms with Crippen molar-refractivity contribution in [2.45, 2.75) is 19.8 Å². The fourth-order valence-electron chi connectivity index (χ4n) is 1.94. The van der Waals surface area contributed by atoms with Crippen LogP contribution < -0.4 is 10.6 Å². The first-order chi connectivity index (χ1) is 8.19. The average molecular weight is 244 g/mol. The molecule has 5 nitrogen and oxygen atoms in total. The van der Waals surface area contributed by atoms with Crippen molar-refractivity contribution < 1.29 is 14.3 Å². The Morgan fingerprint density at radius 1 is 1.41 bits per heavy atom. The van der Waals surface area contributed by atoms with Gasteiger partial charge in [0.05, 0.1) is 25.2 Å². The summed E-state index contributed by atoms with van der Waals surface area (Å²) in [4.78, 5) is 12.0. The Labute approximate surface area is 103 Å². The molecule has 1 saturated heterocycles. The first kappa shape index (κ1) is 14.4. The van der Waals surface area contributed by atoms with E-state index in [9.17, 15) is 4.79 Å². The summed E-state index contributed by atoms with van der Waals surface area (Å²) in [5.74, 6) is 0.125. The van der Waals surface area contributed by atoms with Crippen LogP contribution in [0, 0.1) is 5.41 Å². The smallest absolute Gasteiger partial charge is 0.227 e. The number of nitrogens with one attached hydrogen (secondary N) is 2. The Balaban J connectivity index is 2.11. The van der Waals surface area contributed by atoms with E-state index in [1.807, 2.05) is 6.92 Å². The van der Waals surface area contributed by atoms with Gasteiger partial charge in [0.25, 0.3) is 0 Å². The van der Waals surface area contributed by atoms with Gasteiger partial charge in [0.2, 0.25) is 5.91 Å². The molecular weight excluding hydrogens is 220 g/mol. The van der Waals surface area contributed by atoms with Gasteiger partial charge in [-0.2, -0.15) is 0 Å². The minimum atomic E-state index is -0.259. The van der Waals surface area contributed by atoms with Crippen molar-refractivity contribution in [1.29, 1.82) is 0 Å². The van der Waals surface area contributed by atoms with Gasteiger partial charge in [-0.05, 0) is 26.3 Å². The minimum Gasteiger partial charge on any atom is -0.382 e. The van der Waals surface area contributed by atoms with Crippen LogP contribution in [0.1, 0.15) is 19.8 Å². The molecule has 0 aliphatic carbocycles. The number of rotatable bonds is 7. The highest BCUT2D eigenvalue weighted by molar-refractivity contribution is 5.82. The summed E-state index contributed by atoms with van der Waals surface area (Å²) in [6.45, 7) is 6.07.